The van der Waals surface area contributed by atoms with Crippen LogP contribution in [-0.4, -0.2) is 48.2 Å². The monoisotopic (exact) mass is 367 g/mol. The summed E-state index contributed by atoms with van der Waals surface area (Å²) in [6.07, 6.45) is 1.67. The molecule has 0 aliphatic heterocycles. The predicted octanol–water partition coefficient (Wildman–Crippen LogP) is 2.28. The molecule has 27 heavy (non-hydrogen) atoms. The van der Waals surface area contributed by atoms with Gasteiger partial charge in [-0.15, -0.1) is 0 Å². The molecule has 0 aliphatic carbocycles. The summed E-state index contributed by atoms with van der Waals surface area (Å²) >= 11 is 0. The first-order valence-corrected chi connectivity index (χ1v) is 8.44. The van der Waals surface area contributed by atoms with Crippen LogP contribution in [0.25, 0.3) is 16.9 Å². The number of aromatic nitrogens is 2. The maximum absolute atomic E-state index is 12.6. The Kier molecular flexibility index (Phi) is 5.73. The van der Waals surface area contributed by atoms with Crippen molar-refractivity contribution in [3.05, 3.63) is 60.3 Å². The minimum absolute atomic E-state index is 0.135. The van der Waals surface area contributed by atoms with Crippen molar-refractivity contribution in [1.82, 2.24) is 15.1 Å². The second-order valence-corrected chi connectivity index (χ2v) is 5.72. The lowest BCUT2D eigenvalue weighted by Crippen LogP contribution is -2.26. The molecule has 1 heterocycles. The summed E-state index contributed by atoms with van der Waals surface area (Å²) in [5, 5.41) is 16.3. The van der Waals surface area contributed by atoms with Crippen LogP contribution in [0.5, 0.6) is 11.5 Å². The van der Waals surface area contributed by atoms with Gasteiger partial charge < -0.3 is 19.9 Å². The first-order valence-electron chi connectivity index (χ1n) is 8.44. The summed E-state index contributed by atoms with van der Waals surface area (Å²) in [4.78, 5) is 12.6. The number of para-hydroxylation sites is 1. The van der Waals surface area contributed by atoms with Crippen molar-refractivity contribution in [3.8, 4) is 28.4 Å². The van der Waals surface area contributed by atoms with E-state index in [0.29, 0.717) is 22.8 Å². The molecular weight excluding hydrogens is 346 g/mol. The van der Waals surface area contributed by atoms with Crippen molar-refractivity contribution >= 4 is 5.91 Å². The van der Waals surface area contributed by atoms with Gasteiger partial charge in [-0.25, -0.2) is 4.68 Å². The molecule has 0 saturated carbocycles. The van der Waals surface area contributed by atoms with E-state index in [4.69, 9.17) is 14.6 Å². The summed E-state index contributed by atoms with van der Waals surface area (Å²) in [6, 6.07) is 14.9. The molecule has 0 fully saturated rings. The average molecular weight is 367 g/mol. The molecule has 0 spiro atoms. The minimum Gasteiger partial charge on any atom is -0.493 e. The number of nitrogens with one attached hydrogen (secondary N) is 1. The van der Waals surface area contributed by atoms with Crippen molar-refractivity contribution in [2.45, 2.75) is 0 Å². The number of amides is 1. The molecule has 7 heteroatoms. The zero-order chi connectivity index (χ0) is 19.2. The summed E-state index contributed by atoms with van der Waals surface area (Å²) in [6.45, 7) is 0.0327. The Balaban J connectivity index is 2.09. The van der Waals surface area contributed by atoms with Gasteiger partial charge in [0.25, 0.3) is 5.91 Å². The number of ether oxygens (including phenoxy) is 2. The lowest BCUT2D eigenvalue weighted by atomic mass is 10.1. The van der Waals surface area contributed by atoms with Crippen LogP contribution in [0, 0.1) is 0 Å². The standard InChI is InChI=1S/C20H21N3O4/c1-26-17-9-8-14(12-18(17)27-2)19-16(20(25)21-10-11-24)13-23(22-19)15-6-4-3-5-7-15/h3-9,12-13,24H,10-11H2,1-2H3,(H,21,25). The molecule has 140 valence electrons. The van der Waals surface area contributed by atoms with E-state index in [2.05, 4.69) is 10.4 Å². The van der Waals surface area contributed by atoms with Gasteiger partial charge in [0.05, 0.1) is 32.1 Å². The average Bonchev–Trinajstić information content (AvgIpc) is 3.17. The zero-order valence-electron chi connectivity index (χ0n) is 15.2. The number of nitrogens with zero attached hydrogens (tertiary/aromatic N) is 2. The van der Waals surface area contributed by atoms with Gasteiger partial charge in [-0.05, 0) is 30.3 Å². The smallest absolute Gasteiger partial charge is 0.255 e. The Morgan fingerprint density at radius 1 is 1.11 bits per heavy atom. The van der Waals surface area contributed by atoms with Gasteiger partial charge in [0, 0.05) is 18.3 Å². The van der Waals surface area contributed by atoms with E-state index < -0.39 is 0 Å². The number of hydrogen-bond donors (Lipinski definition) is 2. The number of rotatable bonds is 7. The van der Waals surface area contributed by atoms with E-state index in [1.807, 2.05) is 36.4 Å². The summed E-state index contributed by atoms with van der Waals surface area (Å²) in [5.74, 6) is 0.831. The topological polar surface area (TPSA) is 85.6 Å². The predicted molar refractivity (Wildman–Crippen MR) is 102 cm³/mol. The molecule has 0 atom stereocenters. The van der Waals surface area contributed by atoms with Crippen molar-refractivity contribution < 1.29 is 19.4 Å². The van der Waals surface area contributed by atoms with Gasteiger partial charge in [-0.1, -0.05) is 18.2 Å². The van der Waals surface area contributed by atoms with Crippen LogP contribution in [0.2, 0.25) is 0 Å². The number of carbonyl (C=O) groups is 1. The molecule has 3 rings (SSSR count). The maximum atomic E-state index is 12.6. The van der Waals surface area contributed by atoms with Gasteiger partial charge in [0.2, 0.25) is 0 Å². The second kappa shape index (κ2) is 8.37. The van der Waals surface area contributed by atoms with Crippen LogP contribution in [0.4, 0.5) is 0 Å². The van der Waals surface area contributed by atoms with E-state index in [1.54, 1.807) is 37.2 Å². The van der Waals surface area contributed by atoms with Crippen molar-refractivity contribution in [2.75, 3.05) is 27.4 Å². The number of hydrogen-bond acceptors (Lipinski definition) is 5. The van der Waals surface area contributed by atoms with Crippen molar-refractivity contribution in [3.63, 3.8) is 0 Å². The quantitative estimate of drug-likeness (QED) is 0.669. The number of aliphatic hydroxyl groups is 1. The van der Waals surface area contributed by atoms with E-state index in [-0.39, 0.29) is 19.1 Å². The third kappa shape index (κ3) is 3.93. The largest absolute Gasteiger partial charge is 0.493 e. The van der Waals surface area contributed by atoms with Crippen molar-refractivity contribution in [1.29, 1.82) is 0 Å². The van der Waals surface area contributed by atoms with E-state index in [9.17, 15) is 4.79 Å². The third-order valence-electron chi connectivity index (χ3n) is 4.03. The van der Waals surface area contributed by atoms with E-state index in [1.165, 1.54) is 0 Å². The highest BCUT2D eigenvalue weighted by Crippen LogP contribution is 2.33. The Bertz CT molecular complexity index is 922. The molecule has 0 radical (unpaired) electrons. The van der Waals surface area contributed by atoms with E-state index >= 15 is 0 Å². The molecule has 0 unspecified atom stereocenters. The lowest BCUT2D eigenvalue weighted by Gasteiger charge is -2.09. The SMILES string of the molecule is COc1ccc(-c2nn(-c3ccccc3)cc2C(=O)NCCO)cc1OC. The molecule has 3 aromatic rings. The van der Waals surface area contributed by atoms with Crippen molar-refractivity contribution in [2.24, 2.45) is 0 Å². The summed E-state index contributed by atoms with van der Waals surface area (Å²) in [5.41, 5.74) is 2.46. The van der Waals surface area contributed by atoms with Gasteiger partial charge in [-0.2, -0.15) is 5.10 Å². The van der Waals surface area contributed by atoms with Gasteiger partial charge in [0.1, 0.15) is 5.69 Å². The number of methoxy groups -OCH3 is 2. The first-order chi connectivity index (χ1) is 13.2. The fraction of sp³-hybridized carbons (Fsp3) is 0.200. The highest BCUT2D eigenvalue weighted by molar-refractivity contribution is 6.00. The molecule has 0 saturated heterocycles. The second-order valence-electron chi connectivity index (χ2n) is 5.72. The Morgan fingerprint density at radius 3 is 2.52 bits per heavy atom. The number of benzene rings is 2. The molecule has 2 N–H and O–H groups in total. The highest BCUT2D eigenvalue weighted by atomic mass is 16.5. The van der Waals surface area contributed by atoms with E-state index in [0.717, 1.165) is 11.3 Å². The Morgan fingerprint density at radius 2 is 1.85 bits per heavy atom. The molecule has 1 aromatic heterocycles. The lowest BCUT2D eigenvalue weighted by molar-refractivity contribution is 0.0945. The first kappa shape index (κ1) is 18.5. The number of aliphatic hydroxyl groups excluding tert-OH is 1. The third-order valence-corrected chi connectivity index (χ3v) is 4.03. The molecule has 7 nitrogen and oxygen atoms in total. The summed E-state index contributed by atoms with van der Waals surface area (Å²) < 4.78 is 12.3. The van der Waals surface area contributed by atoms with Crippen LogP contribution in [0.1, 0.15) is 10.4 Å². The fourth-order valence-electron chi connectivity index (χ4n) is 2.71. The van der Waals surface area contributed by atoms with Gasteiger partial charge in [-0.3, -0.25) is 4.79 Å². The van der Waals surface area contributed by atoms with Crippen LogP contribution >= 0.6 is 0 Å². The summed E-state index contributed by atoms with van der Waals surface area (Å²) in [7, 11) is 3.12. The van der Waals surface area contributed by atoms with Crippen LogP contribution < -0.4 is 14.8 Å². The molecule has 0 bridgehead atoms. The molecular formula is C20H21N3O4. The molecule has 2 aromatic carbocycles. The van der Waals surface area contributed by atoms with Crippen LogP contribution in [0.3, 0.4) is 0 Å². The normalized spacial score (nSPS) is 10.5. The minimum atomic E-state index is -0.309. The Hall–Kier alpha value is -3.32. The maximum Gasteiger partial charge on any atom is 0.255 e. The van der Waals surface area contributed by atoms with Crippen LogP contribution in [-0.2, 0) is 0 Å². The number of carbonyl (C=O) groups excluding carboxylic acids is 1. The zero-order valence-corrected chi connectivity index (χ0v) is 15.2. The molecule has 0 aliphatic rings. The molecule has 1 amide bonds. The van der Waals surface area contributed by atoms with Gasteiger partial charge >= 0.3 is 0 Å². The highest BCUT2D eigenvalue weighted by Gasteiger charge is 2.19. The Labute approximate surface area is 157 Å². The fourth-order valence-corrected chi connectivity index (χ4v) is 2.71. The van der Waals surface area contributed by atoms with Gasteiger partial charge in [0.15, 0.2) is 11.5 Å². The van der Waals surface area contributed by atoms with Crippen LogP contribution in [0.15, 0.2) is 54.7 Å².